The van der Waals surface area contributed by atoms with Crippen LogP contribution in [0.25, 0.3) is 0 Å². The summed E-state index contributed by atoms with van der Waals surface area (Å²) in [5.41, 5.74) is 1.15. The maximum Gasteiger partial charge on any atom is -0.0181 e. The number of unbranched alkanes of at least 4 members (excludes halogenated alkanes) is 1. The Morgan fingerprint density at radius 1 is 1.13 bits per heavy atom. The minimum absolute atomic E-state index is 0.405. The Hall–Kier alpha value is 0.430. The fourth-order valence-electron chi connectivity index (χ4n) is 3.63. The van der Waals surface area contributed by atoms with Crippen molar-refractivity contribution in [1.82, 2.24) is 0 Å². The molecular weight excluding hydrogens is 199 g/mol. The van der Waals surface area contributed by atoms with E-state index in [0.717, 1.165) is 23.4 Å². The lowest BCUT2D eigenvalue weighted by Crippen LogP contribution is -2.37. The molecule has 1 saturated heterocycles. The van der Waals surface area contributed by atoms with E-state index in [1.54, 1.807) is 18.7 Å². The van der Waals surface area contributed by atoms with Gasteiger partial charge in [-0.15, -0.1) is 7.92 Å². The maximum absolute atomic E-state index is 2.53. The molecule has 1 heteroatoms. The Morgan fingerprint density at radius 2 is 1.93 bits per heavy atom. The number of fused-ring (bicyclic) bond motifs is 2. The monoisotopic (exact) mass is 226 g/mol. The van der Waals surface area contributed by atoms with Crippen LogP contribution in [0.5, 0.6) is 0 Å². The average molecular weight is 226 g/mol. The third-order valence-corrected chi connectivity index (χ3v) is 8.38. The molecule has 0 amide bonds. The third kappa shape index (κ3) is 2.57. The zero-order chi connectivity index (χ0) is 10.8. The zero-order valence-corrected chi connectivity index (χ0v) is 11.6. The number of rotatable bonds is 3. The highest BCUT2D eigenvalue weighted by molar-refractivity contribution is 7.58. The summed E-state index contributed by atoms with van der Waals surface area (Å²) in [7, 11) is 0.405. The summed E-state index contributed by atoms with van der Waals surface area (Å²) in [4.78, 5) is 0. The zero-order valence-electron chi connectivity index (χ0n) is 10.7. The summed E-state index contributed by atoms with van der Waals surface area (Å²) >= 11 is 0. The molecule has 2 rings (SSSR count). The molecule has 2 bridgehead atoms. The summed E-state index contributed by atoms with van der Waals surface area (Å²) in [6, 6.07) is 0. The van der Waals surface area contributed by atoms with E-state index < -0.39 is 0 Å². The van der Waals surface area contributed by atoms with Gasteiger partial charge in [0, 0.05) is 0 Å². The van der Waals surface area contributed by atoms with Gasteiger partial charge in [-0.05, 0) is 61.4 Å². The fourth-order valence-corrected chi connectivity index (χ4v) is 7.61. The molecule has 0 N–H and O–H groups in total. The van der Waals surface area contributed by atoms with Crippen molar-refractivity contribution in [3.8, 4) is 0 Å². The first kappa shape index (κ1) is 11.9. The van der Waals surface area contributed by atoms with Crippen molar-refractivity contribution in [3.05, 3.63) is 0 Å². The SMILES string of the molecule is CCCCP1CC(C)[C@H]2CC[C@H](C)[C@@H]1C2. The molecule has 1 aliphatic heterocycles. The molecule has 0 radical (unpaired) electrons. The van der Waals surface area contributed by atoms with Crippen LogP contribution in [0.3, 0.4) is 0 Å². The second kappa shape index (κ2) is 5.17. The van der Waals surface area contributed by atoms with Crippen LogP contribution in [0.15, 0.2) is 0 Å². The predicted octanol–water partition coefficient (Wildman–Crippen LogP) is 4.72. The Balaban J connectivity index is 1.97. The second-order valence-electron chi connectivity index (χ2n) is 5.94. The molecule has 15 heavy (non-hydrogen) atoms. The van der Waals surface area contributed by atoms with Gasteiger partial charge < -0.3 is 0 Å². The number of hydrogen-bond donors (Lipinski definition) is 0. The first-order chi connectivity index (χ1) is 7.22. The highest BCUT2D eigenvalue weighted by atomic mass is 31.1. The van der Waals surface area contributed by atoms with Crippen LogP contribution >= 0.6 is 7.92 Å². The molecule has 2 unspecified atom stereocenters. The molecule has 88 valence electrons. The quantitative estimate of drug-likeness (QED) is 0.611. The molecule has 1 saturated carbocycles. The van der Waals surface area contributed by atoms with Gasteiger partial charge in [-0.2, -0.15) is 0 Å². The van der Waals surface area contributed by atoms with Crippen molar-refractivity contribution in [3.63, 3.8) is 0 Å². The topological polar surface area (TPSA) is 0 Å². The van der Waals surface area contributed by atoms with Crippen LogP contribution in [0.4, 0.5) is 0 Å². The molecule has 0 aromatic rings. The average Bonchev–Trinajstić information content (AvgIpc) is 2.24. The smallest absolute Gasteiger partial charge is 0.0181 e. The van der Waals surface area contributed by atoms with Gasteiger partial charge >= 0.3 is 0 Å². The van der Waals surface area contributed by atoms with Crippen molar-refractivity contribution in [2.24, 2.45) is 17.8 Å². The van der Waals surface area contributed by atoms with Crippen molar-refractivity contribution in [2.45, 2.75) is 58.5 Å². The Kier molecular flexibility index (Phi) is 4.10. The van der Waals surface area contributed by atoms with E-state index in [-0.39, 0.29) is 0 Å². The van der Waals surface area contributed by atoms with Gasteiger partial charge in [0.05, 0.1) is 0 Å². The van der Waals surface area contributed by atoms with Crippen LogP contribution in [0.1, 0.15) is 52.9 Å². The van der Waals surface area contributed by atoms with Gasteiger partial charge in [-0.1, -0.05) is 27.2 Å². The molecule has 1 aliphatic carbocycles. The first-order valence-electron chi connectivity index (χ1n) is 6.96. The van der Waals surface area contributed by atoms with E-state index in [1.165, 1.54) is 25.7 Å². The molecule has 2 fully saturated rings. The highest BCUT2D eigenvalue weighted by Crippen LogP contribution is 2.58. The maximum atomic E-state index is 2.53. The summed E-state index contributed by atoms with van der Waals surface area (Å²) in [5, 5.41) is 0. The van der Waals surface area contributed by atoms with Crippen molar-refractivity contribution < 1.29 is 0 Å². The third-order valence-electron chi connectivity index (χ3n) is 4.79. The lowest BCUT2D eigenvalue weighted by Gasteiger charge is -2.47. The van der Waals surface area contributed by atoms with Gasteiger partial charge in [0.25, 0.3) is 0 Å². The molecule has 5 atom stereocenters. The van der Waals surface area contributed by atoms with Crippen LogP contribution in [0, 0.1) is 17.8 Å². The van der Waals surface area contributed by atoms with Crippen LogP contribution in [0.2, 0.25) is 0 Å². The molecule has 0 nitrogen and oxygen atoms in total. The summed E-state index contributed by atoms with van der Waals surface area (Å²) in [6.07, 6.45) is 10.7. The normalized spacial score (nSPS) is 45.4. The van der Waals surface area contributed by atoms with Crippen LogP contribution < -0.4 is 0 Å². The van der Waals surface area contributed by atoms with Gasteiger partial charge in [-0.25, -0.2) is 0 Å². The first-order valence-corrected chi connectivity index (χ1v) is 8.74. The van der Waals surface area contributed by atoms with Gasteiger partial charge in [-0.3, -0.25) is 0 Å². The number of hydrogen-bond acceptors (Lipinski definition) is 0. The lowest BCUT2D eigenvalue weighted by molar-refractivity contribution is 0.226. The predicted molar refractivity (Wildman–Crippen MR) is 71.0 cm³/mol. The molecule has 0 spiro atoms. The van der Waals surface area contributed by atoms with Gasteiger partial charge in [0.2, 0.25) is 0 Å². The summed E-state index contributed by atoms with van der Waals surface area (Å²) < 4.78 is 0. The minimum atomic E-state index is 0.405. The van der Waals surface area contributed by atoms with E-state index in [2.05, 4.69) is 20.8 Å². The lowest BCUT2D eigenvalue weighted by atomic mass is 9.76. The molecule has 1 heterocycles. The Bertz CT molecular complexity index is 202. The van der Waals surface area contributed by atoms with E-state index >= 15 is 0 Å². The van der Waals surface area contributed by atoms with Crippen LogP contribution in [-0.2, 0) is 0 Å². The Morgan fingerprint density at radius 3 is 2.67 bits per heavy atom. The standard InChI is InChI=1S/C14H27P/c1-4-5-8-15-10-12(3)13-7-6-11(2)14(15)9-13/h11-14H,4-10H2,1-3H3/t11-,12?,13-,14-,15?/m0/s1. The Labute approximate surface area is 97.0 Å². The minimum Gasteiger partial charge on any atom is -0.103 e. The molecule has 2 aliphatic rings. The highest BCUT2D eigenvalue weighted by Gasteiger charge is 2.39. The molecule has 0 aromatic heterocycles. The summed E-state index contributed by atoms with van der Waals surface area (Å²) in [6.45, 7) is 7.39. The molecule has 0 aromatic carbocycles. The molecular formula is C14H27P. The van der Waals surface area contributed by atoms with Crippen molar-refractivity contribution in [1.29, 1.82) is 0 Å². The van der Waals surface area contributed by atoms with Crippen molar-refractivity contribution >= 4 is 7.92 Å². The van der Waals surface area contributed by atoms with E-state index in [9.17, 15) is 0 Å². The van der Waals surface area contributed by atoms with E-state index in [1.807, 2.05) is 0 Å². The van der Waals surface area contributed by atoms with Gasteiger partial charge in [0.15, 0.2) is 0 Å². The van der Waals surface area contributed by atoms with E-state index in [0.29, 0.717) is 7.92 Å². The fraction of sp³-hybridized carbons (Fsp3) is 1.00. The largest absolute Gasteiger partial charge is 0.103 e. The van der Waals surface area contributed by atoms with Gasteiger partial charge in [0.1, 0.15) is 0 Å². The van der Waals surface area contributed by atoms with Crippen molar-refractivity contribution in [2.75, 3.05) is 12.3 Å². The van der Waals surface area contributed by atoms with E-state index in [4.69, 9.17) is 0 Å². The second-order valence-corrected chi connectivity index (χ2v) is 8.60. The van der Waals surface area contributed by atoms with Crippen LogP contribution in [-0.4, -0.2) is 18.0 Å². The summed E-state index contributed by atoms with van der Waals surface area (Å²) in [5.74, 6) is 3.21.